The lowest BCUT2D eigenvalue weighted by Gasteiger charge is -2.07. The number of aromatic nitrogens is 2. The third-order valence-electron chi connectivity index (χ3n) is 2.18. The van der Waals surface area contributed by atoms with Crippen molar-refractivity contribution >= 4 is 52.2 Å². The number of anilines is 2. The van der Waals surface area contributed by atoms with E-state index in [0.717, 1.165) is 4.34 Å². The number of rotatable bonds is 5. The molecule has 3 N–H and O–H groups in total. The number of thioether (sulfide) groups is 1. The average molecular weight is 315 g/mol. The zero-order valence-electron chi connectivity index (χ0n) is 9.80. The maximum Gasteiger partial charge on any atom is 0.225 e. The second-order valence-corrected chi connectivity index (χ2v) is 6.14. The molecule has 100 valence electrons. The highest BCUT2D eigenvalue weighted by atomic mass is 35.5. The van der Waals surface area contributed by atoms with E-state index in [2.05, 4.69) is 14.7 Å². The fraction of sp³-hybridized carbons (Fsp3) is 0.182. The van der Waals surface area contributed by atoms with Crippen LogP contribution in [-0.4, -0.2) is 21.0 Å². The van der Waals surface area contributed by atoms with Crippen molar-refractivity contribution in [1.82, 2.24) is 9.36 Å². The van der Waals surface area contributed by atoms with Crippen molar-refractivity contribution in [3.8, 4) is 0 Å². The van der Waals surface area contributed by atoms with Crippen molar-refractivity contribution in [2.24, 2.45) is 0 Å². The van der Waals surface area contributed by atoms with E-state index < -0.39 is 0 Å². The Balaban J connectivity index is 1.80. The van der Waals surface area contributed by atoms with Crippen molar-refractivity contribution in [1.29, 1.82) is 0 Å². The minimum Gasteiger partial charge on any atom is -0.397 e. The van der Waals surface area contributed by atoms with Gasteiger partial charge in [-0.15, -0.1) is 0 Å². The maximum atomic E-state index is 11.7. The molecule has 2 rings (SSSR count). The van der Waals surface area contributed by atoms with Gasteiger partial charge in [-0.1, -0.05) is 23.4 Å². The molecule has 0 saturated heterocycles. The molecule has 1 aromatic heterocycles. The molecule has 0 unspecified atom stereocenters. The van der Waals surface area contributed by atoms with Gasteiger partial charge in [-0.25, -0.2) is 4.98 Å². The van der Waals surface area contributed by atoms with Crippen molar-refractivity contribution in [3.63, 3.8) is 0 Å². The lowest BCUT2D eigenvalue weighted by molar-refractivity contribution is -0.115. The number of nitrogens with zero attached hydrogens (tertiary/aromatic N) is 2. The van der Waals surface area contributed by atoms with Gasteiger partial charge < -0.3 is 11.1 Å². The Hall–Kier alpha value is -1.31. The highest BCUT2D eigenvalue weighted by Gasteiger charge is 2.06. The number of amides is 1. The summed E-state index contributed by atoms with van der Waals surface area (Å²) >= 11 is 8.61. The normalized spacial score (nSPS) is 10.4. The predicted molar refractivity (Wildman–Crippen MR) is 79.7 cm³/mol. The third kappa shape index (κ3) is 4.38. The molecule has 5 nitrogen and oxygen atoms in total. The number of hydrogen-bond acceptors (Lipinski definition) is 6. The van der Waals surface area contributed by atoms with E-state index in [-0.39, 0.29) is 5.91 Å². The van der Waals surface area contributed by atoms with Crippen LogP contribution in [-0.2, 0) is 4.79 Å². The van der Waals surface area contributed by atoms with Gasteiger partial charge in [-0.3, -0.25) is 4.79 Å². The molecule has 2 aromatic rings. The van der Waals surface area contributed by atoms with Crippen LogP contribution < -0.4 is 11.1 Å². The first kappa shape index (κ1) is 14.1. The van der Waals surface area contributed by atoms with Crippen molar-refractivity contribution < 1.29 is 4.79 Å². The second-order valence-electron chi connectivity index (χ2n) is 3.59. The number of carbonyl (C=O) groups excluding carboxylic acids is 1. The van der Waals surface area contributed by atoms with Gasteiger partial charge in [0, 0.05) is 17.2 Å². The van der Waals surface area contributed by atoms with E-state index in [4.69, 9.17) is 17.3 Å². The average Bonchev–Trinajstić information content (AvgIpc) is 2.86. The van der Waals surface area contributed by atoms with Crippen LogP contribution in [0.25, 0.3) is 0 Å². The molecule has 19 heavy (non-hydrogen) atoms. The Morgan fingerprint density at radius 3 is 3.05 bits per heavy atom. The first-order valence-electron chi connectivity index (χ1n) is 5.39. The van der Waals surface area contributed by atoms with Gasteiger partial charge >= 0.3 is 0 Å². The van der Waals surface area contributed by atoms with Crippen molar-refractivity contribution in [2.75, 3.05) is 16.8 Å². The molecule has 8 heteroatoms. The van der Waals surface area contributed by atoms with Crippen LogP contribution in [0.1, 0.15) is 6.42 Å². The van der Waals surface area contributed by atoms with Gasteiger partial charge in [0.2, 0.25) is 5.91 Å². The second kappa shape index (κ2) is 6.74. The van der Waals surface area contributed by atoms with E-state index in [1.807, 2.05) is 0 Å². The van der Waals surface area contributed by atoms with Crippen LogP contribution in [0.3, 0.4) is 0 Å². The van der Waals surface area contributed by atoms with Crippen LogP contribution in [0.15, 0.2) is 28.9 Å². The summed E-state index contributed by atoms with van der Waals surface area (Å²) in [4.78, 5) is 15.8. The molecule has 0 fully saturated rings. The van der Waals surface area contributed by atoms with Crippen LogP contribution in [0.2, 0.25) is 5.02 Å². The summed E-state index contributed by atoms with van der Waals surface area (Å²) in [6.45, 7) is 0. The van der Waals surface area contributed by atoms with Crippen molar-refractivity contribution in [3.05, 3.63) is 29.5 Å². The molecular formula is C11H11ClN4OS2. The highest BCUT2D eigenvalue weighted by molar-refractivity contribution is 8.00. The molecule has 0 aliphatic heterocycles. The topological polar surface area (TPSA) is 80.9 Å². The predicted octanol–water partition coefficient (Wildman–Crippen LogP) is 2.89. The molecule has 0 bridgehead atoms. The zero-order valence-corrected chi connectivity index (χ0v) is 12.2. The summed E-state index contributed by atoms with van der Waals surface area (Å²) in [7, 11) is 0. The Morgan fingerprint density at radius 1 is 1.53 bits per heavy atom. The van der Waals surface area contributed by atoms with Gasteiger partial charge in [0.05, 0.1) is 11.4 Å². The fourth-order valence-corrected chi connectivity index (χ4v) is 2.95. The first-order chi connectivity index (χ1) is 9.15. The maximum absolute atomic E-state index is 11.7. The number of benzene rings is 1. The van der Waals surface area contributed by atoms with Gasteiger partial charge in [0.15, 0.2) is 4.34 Å². The Morgan fingerprint density at radius 2 is 2.37 bits per heavy atom. The fourth-order valence-electron chi connectivity index (χ4n) is 1.32. The van der Waals surface area contributed by atoms with Gasteiger partial charge in [-0.05, 0) is 29.7 Å². The molecule has 0 spiro atoms. The lowest BCUT2D eigenvalue weighted by atomic mass is 10.2. The standard InChI is InChI=1S/C11H11ClN4OS2/c12-7-1-2-9(8(13)5-7)16-10(17)3-4-18-11-14-6-15-19-11/h1-2,5-6H,3-4,13H2,(H,16,17). The number of halogens is 1. The summed E-state index contributed by atoms with van der Waals surface area (Å²) in [5.74, 6) is 0.556. The smallest absolute Gasteiger partial charge is 0.225 e. The third-order valence-corrected chi connectivity index (χ3v) is 4.22. The monoisotopic (exact) mass is 314 g/mol. The van der Waals surface area contributed by atoms with E-state index in [0.29, 0.717) is 28.6 Å². The number of nitrogens with one attached hydrogen (secondary N) is 1. The van der Waals surface area contributed by atoms with Crippen LogP contribution in [0.5, 0.6) is 0 Å². The summed E-state index contributed by atoms with van der Waals surface area (Å²) in [5, 5.41) is 3.29. The molecule has 0 atom stereocenters. The molecule has 0 radical (unpaired) electrons. The van der Waals surface area contributed by atoms with E-state index in [1.165, 1.54) is 29.6 Å². The lowest BCUT2D eigenvalue weighted by Crippen LogP contribution is -2.13. The molecule has 1 amide bonds. The molecule has 1 heterocycles. The van der Waals surface area contributed by atoms with E-state index in [1.54, 1.807) is 18.2 Å². The highest BCUT2D eigenvalue weighted by Crippen LogP contribution is 2.23. The molecule has 0 saturated carbocycles. The van der Waals surface area contributed by atoms with Gasteiger partial charge in [0.1, 0.15) is 6.33 Å². The number of nitrogen functional groups attached to an aromatic ring is 1. The minimum atomic E-state index is -0.0916. The number of carbonyl (C=O) groups is 1. The Bertz CT molecular complexity index is 562. The molecular weight excluding hydrogens is 304 g/mol. The Labute approximate surface area is 123 Å². The van der Waals surface area contributed by atoms with Gasteiger partial charge in [0.25, 0.3) is 0 Å². The summed E-state index contributed by atoms with van der Waals surface area (Å²) < 4.78 is 4.75. The summed E-state index contributed by atoms with van der Waals surface area (Å²) in [6, 6.07) is 4.98. The Kier molecular flexibility index (Phi) is 5.00. The van der Waals surface area contributed by atoms with Crippen molar-refractivity contribution in [2.45, 2.75) is 10.8 Å². The number of nitrogens with two attached hydrogens (primary N) is 1. The van der Waals surface area contributed by atoms with Crippen LogP contribution in [0, 0.1) is 0 Å². The molecule has 0 aliphatic carbocycles. The SMILES string of the molecule is Nc1cc(Cl)ccc1NC(=O)CCSc1ncns1. The van der Waals surface area contributed by atoms with Crippen LogP contribution in [0.4, 0.5) is 11.4 Å². The van der Waals surface area contributed by atoms with Gasteiger partial charge in [-0.2, -0.15) is 4.37 Å². The summed E-state index contributed by atoms with van der Waals surface area (Å²) in [5.41, 5.74) is 6.79. The number of hydrogen-bond donors (Lipinski definition) is 2. The van der Waals surface area contributed by atoms with Crippen LogP contribution >= 0.6 is 34.9 Å². The first-order valence-corrected chi connectivity index (χ1v) is 7.53. The summed E-state index contributed by atoms with van der Waals surface area (Å²) in [6.07, 6.45) is 1.88. The quantitative estimate of drug-likeness (QED) is 0.655. The van der Waals surface area contributed by atoms with E-state index in [9.17, 15) is 4.79 Å². The largest absolute Gasteiger partial charge is 0.397 e. The minimum absolute atomic E-state index is 0.0916. The molecule has 0 aliphatic rings. The van der Waals surface area contributed by atoms with E-state index >= 15 is 0 Å². The zero-order chi connectivity index (χ0) is 13.7. The molecule has 1 aromatic carbocycles.